The van der Waals surface area contributed by atoms with Gasteiger partial charge in [-0.2, -0.15) is 0 Å². The zero-order valence-corrected chi connectivity index (χ0v) is 13.0. The quantitative estimate of drug-likeness (QED) is 0.812. The van der Waals surface area contributed by atoms with E-state index in [0.29, 0.717) is 6.61 Å². The van der Waals surface area contributed by atoms with Crippen LogP contribution in [0.5, 0.6) is 0 Å². The lowest BCUT2D eigenvalue weighted by atomic mass is 10.0. The van der Waals surface area contributed by atoms with Crippen LogP contribution in [0.2, 0.25) is 0 Å². The average Bonchev–Trinajstić information content (AvgIpc) is 2.68. The van der Waals surface area contributed by atoms with E-state index in [2.05, 4.69) is 0 Å². The number of carbonyl (C=O) groups excluding carboxylic acids is 1. The summed E-state index contributed by atoms with van der Waals surface area (Å²) >= 11 is 0. The second-order valence-corrected chi connectivity index (χ2v) is 5.83. The molecule has 0 spiro atoms. The Morgan fingerprint density at radius 3 is 2.04 bits per heavy atom. The van der Waals surface area contributed by atoms with Gasteiger partial charge in [0.05, 0.1) is 6.61 Å². The van der Waals surface area contributed by atoms with Crippen molar-refractivity contribution in [2.75, 3.05) is 6.61 Å². The summed E-state index contributed by atoms with van der Waals surface area (Å²) in [5.41, 5.74) is 1.78. The van der Waals surface area contributed by atoms with Crippen LogP contribution in [0.1, 0.15) is 23.7 Å². The monoisotopic (exact) mass is 326 g/mol. The molecule has 0 unspecified atom stereocenters. The van der Waals surface area contributed by atoms with E-state index in [4.69, 9.17) is 18.9 Å². The molecule has 0 radical (unpaired) electrons. The number of hydrogen-bond donors (Lipinski definition) is 0. The van der Waals surface area contributed by atoms with Gasteiger partial charge in [0, 0.05) is 11.1 Å². The molecule has 4 rings (SSSR count). The zero-order valence-electron chi connectivity index (χ0n) is 13.0. The minimum absolute atomic E-state index is 0.348. The van der Waals surface area contributed by atoms with Crippen molar-refractivity contribution in [2.45, 2.75) is 30.9 Å². The largest absolute Gasteiger partial charge is 0.346 e. The van der Waals surface area contributed by atoms with Gasteiger partial charge in [-0.15, -0.1) is 0 Å². The van der Waals surface area contributed by atoms with Crippen LogP contribution in [-0.4, -0.2) is 31.2 Å². The summed E-state index contributed by atoms with van der Waals surface area (Å²) in [5.74, 6) is 0. The maximum absolute atomic E-state index is 11.5. The molecule has 24 heavy (non-hydrogen) atoms. The van der Waals surface area contributed by atoms with Gasteiger partial charge in [-0.05, 0) is 0 Å². The maximum atomic E-state index is 11.5. The molecule has 5 atom stereocenters. The van der Waals surface area contributed by atoms with Crippen molar-refractivity contribution in [3.8, 4) is 0 Å². The summed E-state index contributed by atoms with van der Waals surface area (Å²) in [6.45, 7) is 0.348. The molecule has 0 aliphatic carbocycles. The van der Waals surface area contributed by atoms with Gasteiger partial charge in [0.1, 0.15) is 18.3 Å². The van der Waals surface area contributed by atoms with Crippen LogP contribution in [0.15, 0.2) is 60.7 Å². The maximum Gasteiger partial charge on any atom is 0.185 e. The van der Waals surface area contributed by atoms with Crippen LogP contribution in [0, 0.1) is 0 Å². The van der Waals surface area contributed by atoms with E-state index in [1.807, 2.05) is 60.7 Å². The van der Waals surface area contributed by atoms with Crippen molar-refractivity contribution < 1.29 is 23.7 Å². The summed E-state index contributed by atoms with van der Waals surface area (Å²) in [6.07, 6.45) is -1.85. The highest BCUT2D eigenvalue weighted by atomic mass is 16.8. The zero-order chi connectivity index (χ0) is 16.4. The molecule has 2 aliphatic heterocycles. The first-order valence-electron chi connectivity index (χ1n) is 7.98. The van der Waals surface area contributed by atoms with Crippen molar-refractivity contribution in [3.63, 3.8) is 0 Å². The first-order valence-corrected chi connectivity index (χ1v) is 7.98. The first kappa shape index (κ1) is 15.5. The minimum Gasteiger partial charge on any atom is -0.346 e. The minimum atomic E-state index is -0.691. The fourth-order valence-corrected chi connectivity index (χ4v) is 3.03. The van der Waals surface area contributed by atoms with E-state index in [1.165, 1.54) is 0 Å². The predicted octanol–water partition coefficient (Wildman–Crippen LogP) is 2.78. The number of aldehydes is 1. The van der Waals surface area contributed by atoms with Crippen molar-refractivity contribution in [1.82, 2.24) is 0 Å². The fraction of sp³-hybridized carbons (Fsp3) is 0.316. The molecule has 2 aromatic rings. The predicted molar refractivity (Wildman–Crippen MR) is 85.0 cm³/mol. The summed E-state index contributed by atoms with van der Waals surface area (Å²) in [4.78, 5) is 11.5. The molecule has 0 aromatic heterocycles. The molecule has 5 nitrogen and oxygen atoms in total. The number of carbonyl (C=O) groups is 1. The van der Waals surface area contributed by atoms with Gasteiger partial charge in [-0.3, -0.25) is 0 Å². The van der Waals surface area contributed by atoms with Gasteiger partial charge < -0.3 is 23.7 Å². The standard InChI is InChI=1S/C19H18O5/c20-11-15-17-16(23-19(22-15)14-9-5-2-6-10-14)12-21-18(24-17)13-7-3-1-4-8-13/h1-11,15-19H,12H2/t15-,16+,17-,18+,19+/m1/s1. The fourth-order valence-electron chi connectivity index (χ4n) is 3.03. The lowest BCUT2D eigenvalue weighted by molar-refractivity contribution is -0.355. The molecule has 0 bridgehead atoms. The number of fused-ring (bicyclic) bond motifs is 1. The molecular weight excluding hydrogens is 308 g/mol. The van der Waals surface area contributed by atoms with Gasteiger partial charge in [0.15, 0.2) is 18.9 Å². The van der Waals surface area contributed by atoms with Crippen molar-refractivity contribution in [2.24, 2.45) is 0 Å². The number of rotatable bonds is 3. The van der Waals surface area contributed by atoms with E-state index < -0.39 is 24.8 Å². The lowest BCUT2D eigenvalue weighted by Crippen LogP contribution is -2.54. The van der Waals surface area contributed by atoms with Crippen LogP contribution >= 0.6 is 0 Å². The van der Waals surface area contributed by atoms with Gasteiger partial charge in [0.2, 0.25) is 0 Å². The van der Waals surface area contributed by atoms with Crippen LogP contribution in [0.4, 0.5) is 0 Å². The highest BCUT2D eigenvalue weighted by Gasteiger charge is 2.45. The molecule has 124 valence electrons. The van der Waals surface area contributed by atoms with Crippen molar-refractivity contribution in [1.29, 1.82) is 0 Å². The van der Waals surface area contributed by atoms with Gasteiger partial charge in [-0.1, -0.05) is 60.7 Å². The Balaban J connectivity index is 1.52. The molecule has 2 aliphatic rings. The Hall–Kier alpha value is -2.05. The summed E-state index contributed by atoms with van der Waals surface area (Å²) in [5, 5.41) is 0. The third kappa shape index (κ3) is 2.99. The molecule has 2 aromatic carbocycles. The van der Waals surface area contributed by atoms with Gasteiger partial charge in [-0.25, -0.2) is 0 Å². The molecule has 0 saturated carbocycles. The van der Waals surface area contributed by atoms with E-state index >= 15 is 0 Å². The average molecular weight is 326 g/mol. The molecular formula is C19H18O5. The van der Waals surface area contributed by atoms with Crippen LogP contribution < -0.4 is 0 Å². The first-order chi connectivity index (χ1) is 11.8. The van der Waals surface area contributed by atoms with E-state index in [-0.39, 0.29) is 6.10 Å². The molecule has 0 amide bonds. The molecule has 2 heterocycles. The van der Waals surface area contributed by atoms with Gasteiger partial charge in [0.25, 0.3) is 0 Å². The lowest BCUT2D eigenvalue weighted by Gasteiger charge is -2.44. The molecule has 0 N–H and O–H groups in total. The number of ether oxygens (including phenoxy) is 4. The molecule has 5 heteroatoms. The molecule has 2 fully saturated rings. The smallest absolute Gasteiger partial charge is 0.185 e. The normalized spacial score (nSPS) is 32.8. The summed E-state index contributed by atoms with van der Waals surface area (Å²) in [6, 6.07) is 19.2. The van der Waals surface area contributed by atoms with Crippen molar-refractivity contribution in [3.05, 3.63) is 71.8 Å². The Bertz CT molecular complexity index is 675. The number of benzene rings is 2. The second-order valence-electron chi connectivity index (χ2n) is 5.83. The second kappa shape index (κ2) is 6.83. The SMILES string of the molecule is O=C[C@H]1O[C@H](c2ccccc2)O[C@H]2CO[C@H](c3ccccc3)O[C@@H]21. The van der Waals surface area contributed by atoms with Crippen LogP contribution in [0.25, 0.3) is 0 Å². The Kier molecular flexibility index (Phi) is 4.40. The number of hydrogen-bond acceptors (Lipinski definition) is 5. The highest BCUT2D eigenvalue weighted by Crippen LogP contribution is 2.37. The topological polar surface area (TPSA) is 54.0 Å². The highest BCUT2D eigenvalue weighted by molar-refractivity contribution is 5.57. The van der Waals surface area contributed by atoms with Crippen molar-refractivity contribution >= 4 is 6.29 Å². The molecule has 2 saturated heterocycles. The van der Waals surface area contributed by atoms with Crippen LogP contribution in [-0.2, 0) is 23.7 Å². The summed E-state index contributed by atoms with van der Waals surface area (Å²) in [7, 11) is 0. The van der Waals surface area contributed by atoms with E-state index in [0.717, 1.165) is 17.4 Å². The van der Waals surface area contributed by atoms with E-state index in [1.54, 1.807) is 0 Å². The van der Waals surface area contributed by atoms with Gasteiger partial charge >= 0.3 is 0 Å². The van der Waals surface area contributed by atoms with Crippen LogP contribution in [0.3, 0.4) is 0 Å². The third-order valence-electron chi connectivity index (χ3n) is 4.24. The Morgan fingerprint density at radius 1 is 0.792 bits per heavy atom. The summed E-state index contributed by atoms with van der Waals surface area (Å²) < 4.78 is 23.5. The Morgan fingerprint density at radius 2 is 1.42 bits per heavy atom. The van der Waals surface area contributed by atoms with E-state index in [9.17, 15) is 4.79 Å². The third-order valence-corrected chi connectivity index (χ3v) is 4.24. The Labute approximate surface area is 140 Å².